The molecule has 0 aromatic heterocycles. The van der Waals surface area contributed by atoms with Crippen molar-refractivity contribution in [1.29, 1.82) is 0 Å². The fourth-order valence-corrected chi connectivity index (χ4v) is 0.855. The second kappa shape index (κ2) is 4.17. The molecule has 0 aliphatic rings. The molecule has 0 aromatic carbocycles. The molecule has 0 unspecified atom stereocenters. The number of carbonyl (C=O) groups excluding carboxylic acids is 2. The van der Waals surface area contributed by atoms with Gasteiger partial charge < -0.3 is 4.74 Å². The quantitative estimate of drug-likeness (QED) is 0.361. The number of esters is 1. The van der Waals surface area contributed by atoms with E-state index in [-0.39, 0.29) is 10.0 Å². The summed E-state index contributed by atoms with van der Waals surface area (Å²) in [5.41, 5.74) is -0.974. The first-order valence-corrected chi connectivity index (χ1v) is 5.41. The number of rotatable bonds is 0. The number of carbonyl (C=O) groups is 2. The number of hydrogen-bond donors (Lipinski definition) is 0. The lowest BCUT2D eigenvalue weighted by Crippen LogP contribution is -2.61. The standard InChI is InChI=1S/C12H24NO3/c1-11(2,3)13(7,8)9(14)10(15)16-12(4,5)6/h1-8H3/q+1. The van der Waals surface area contributed by atoms with Gasteiger partial charge in [-0.05, 0) is 41.5 Å². The molecule has 0 aliphatic heterocycles. The van der Waals surface area contributed by atoms with Crippen LogP contribution >= 0.6 is 0 Å². The summed E-state index contributed by atoms with van der Waals surface area (Å²) in [6, 6.07) is 0. The van der Waals surface area contributed by atoms with Gasteiger partial charge in [-0.1, -0.05) is 0 Å². The first-order valence-electron chi connectivity index (χ1n) is 5.41. The minimum absolute atomic E-state index is 0.0259. The Morgan fingerprint density at radius 3 is 1.56 bits per heavy atom. The summed E-state index contributed by atoms with van der Waals surface area (Å²) >= 11 is 0. The van der Waals surface area contributed by atoms with Crippen molar-refractivity contribution in [3.8, 4) is 0 Å². The predicted octanol–water partition coefficient (Wildman–Crippen LogP) is 1.73. The van der Waals surface area contributed by atoms with Crippen LogP contribution < -0.4 is 0 Å². The molecule has 0 bridgehead atoms. The van der Waals surface area contributed by atoms with E-state index < -0.39 is 17.5 Å². The van der Waals surface area contributed by atoms with Crippen LogP contribution in [0.15, 0.2) is 0 Å². The summed E-state index contributed by atoms with van der Waals surface area (Å²) in [6.45, 7) is 11.0. The summed E-state index contributed by atoms with van der Waals surface area (Å²) in [5, 5.41) is 0. The van der Waals surface area contributed by atoms with Crippen molar-refractivity contribution in [2.24, 2.45) is 0 Å². The summed E-state index contributed by atoms with van der Waals surface area (Å²) in [7, 11) is 3.43. The first kappa shape index (κ1) is 15.1. The number of nitrogens with zero attached hydrogens (tertiary/aromatic N) is 1. The van der Waals surface area contributed by atoms with Crippen molar-refractivity contribution in [3.63, 3.8) is 0 Å². The molecule has 1 amide bonds. The van der Waals surface area contributed by atoms with Gasteiger partial charge in [-0.25, -0.2) is 9.59 Å². The van der Waals surface area contributed by atoms with E-state index in [1.807, 2.05) is 20.8 Å². The van der Waals surface area contributed by atoms with E-state index in [9.17, 15) is 9.59 Å². The lowest BCUT2D eigenvalue weighted by molar-refractivity contribution is -0.860. The molecule has 0 fully saturated rings. The molecule has 0 spiro atoms. The van der Waals surface area contributed by atoms with E-state index in [4.69, 9.17) is 4.74 Å². The minimum Gasteiger partial charge on any atom is -0.450 e. The van der Waals surface area contributed by atoms with E-state index in [0.29, 0.717) is 0 Å². The van der Waals surface area contributed by atoms with Crippen molar-refractivity contribution in [2.45, 2.75) is 52.7 Å². The molecular formula is C12H24NO3+. The first-order chi connectivity index (χ1) is 6.79. The predicted molar refractivity (Wildman–Crippen MR) is 62.7 cm³/mol. The Bertz CT molecular complexity index is 292. The van der Waals surface area contributed by atoms with E-state index in [1.165, 1.54) is 0 Å². The Morgan fingerprint density at radius 2 is 1.31 bits per heavy atom. The van der Waals surface area contributed by atoms with E-state index in [1.54, 1.807) is 34.9 Å². The Morgan fingerprint density at radius 1 is 0.938 bits per heavy atom. The zero-order valence-electron chi connectivity index (χ0n) is 11.7. The monoisotopic (exact) mass is 230 g/mol. The number of hydrogen-bond acceptors (Lipinski definition) is 3. The van der Waals surface area contributed by atoms with Crippen LogP contribution in [0.5, 0.6) is 0 Å². The van der Waals surface area contributed by atoms with Gasteiger partial charge in [0.05, 0.1) is 19.6 Å². The molecule has 16 heavy (non-hydrogen) atoms. The van der Waals surface area contributed by atoms with Crippen LogP contribution in [0.2, 0.25) is 0 Å². The van der Waals surface area contributed by atoms with Gasteiger partial charge in [0.2, 0.25) is 0 Å². The highest BCUT2D eigenvalue weighted by molar-refractivity contribution is 6.29. The van der Waals surface area contributed by atoms with Gasteiger partial charge in [0.1, 0.15) is 5.60 Å². The Kier molecular flexibility index (Phi) is 3.93. The topological polar surface area (TPSA) is 43.4 Å². The lowest BCUT2D eigenvalue weighted by Gasteiger charge is -2.38. The molecule has 0 aliphatic carbocycles. The molecule has 0 saturated carbocycles. The van der Waals surface area contributed by atoms with Gasteiger partial charge in [-0.3, -0.25) is 4.48 Å². The SMILES string of the molecule is CC(C)(C)OC(=O)C(=O)[N+](C)(C)C(C)(C)C. The van der Waals surface area contributed by atoms with E-state index in [2.05, 4.69) is 0 Å². The summed E-state index contributed by atoms with van der Waals surface area (Å²) < 4.78 is 5.05. The molecule has 0 rings (SSSR count). The van der Waals surface area contributed by atoms with Gasteiger partial charge in [0.15, 0.2) is 0 Å². The van der Waals surface area contributed by atoms with Crippen molar-refractivity contribution in [3.05, 3.63) is 0 Å². The molecule has 0 heterocycles. The van der Waals surface area contributed by atoms with Gasteiger partial charge in [0.25, 0.3) is 0 Å². The smallest absolute Gasteiger partial charge is 0.437 e. The maximum absolute atomic E-state index is 12.0. The molecule has 4 heteroatoms. The molecule has 0 N–H and O–H groups in total. The number of likely N-dealkylation sites (N-methyl/N-ethyl adjacent to an activating group) is 1. The van der Waals surface area contributed by atoms with Crippen molar-refractivity contribution >= 4 is 11.9 Å². The largest absolute Gasteiger partial charge is 0.450 e. The third kappa shape index (κ3) is 3.59. The second-order valence-electron chi connectivity index (χ2n) is 6.43. The summed E-state index contributed by atoms with van der Waals surface area (Å²) in [4.78, 5) is 23.7. The van der Waals surface area contributed by atoms with Crippen molar-refractivity contribution < 1.29 is 18.8 Å². The van der Waals surface area contributed by atoms with Gasteiger partial charge in [0, 0.05) is 0 Å². The van der Waals surface area contributed by atoms with Gasteiger partial charge in [-0.2, -0.15) is 0 Å². The molecule has 0 atom stereocenters. The number of amides is 1. The number of quaternary nitrogens is 1. The third-order valence-corrected chi connectivity index (χ3v) is 2.76. The minimum atomic E-state index is -0.771. The molecule has 0 radical (unpaired) electrons. The molecule has 4 nitrogen and oxygen atoms in total. The Hall–Kier alpha value is -0.900. The molecule has 94 valence electrons. The maximum Gasteiger partial charge on any atom is 0.437 e. The molecule has 0 saturated heterocycles. The highest BCUT2D eigenvalue weighted by atomic mass is 16.6. The Balaban J connectivity index is 4.89. The summed E-state index contributed by atoms with van der Waals surface area (Å²) in [6.07, 6.45) is 0. The van der Waals surface area contributed by atoms with Gasteiger partial charge in [-0.15, -0.1) is 0 Å². The van der Waals surface area contributed by atoms with Crippen LogP contribution in [0.1, 0.15) is 41.5 Å². The normalized spacial score (nSPS) is 13.5. The lowest BCUT2D eigenvalue weighted by atomic mass is 10.0. The Labute approximate surface area is 98.2 Å². The zero-order chi connectivity index (χ0) is 13.4. The van der Waals surface area contributed by atoms with E-state index in [0.717, 1.165) is 0 Å². The maximum atomic E-state index is 12.0. The number of ether oxygens (including phenoxy) is 1. The zero-order valence-corrected chi connectivity index (χ0v) is 11.7. The third-order valence-electron chi connectivity index (χ3n) is 2.76. The van der Waals surface area contributed by atoms with Crippen molar-refractivity contribution in [1.82, 2.24) is 0 Å². The van der Waals surface area contributed by atoms with Crippen LogP contribution in [-0.4, -0.2) is 41.6 Å². The molecule has 0 aromatic rings. The fraction of sp³-hybridized carbons (Fsp3) is 0.833. The second-order valence-corrected chi connectivity index (χ2v) is 6.43. The van der Waals surface area contributed by atoms with Gasteiger partial charge >= 0.3 is 11.9 Å². The fourth-order valence-electron chi connectivity index (χ4n) is 0.855. The average Bonchev–Trinajstić information content (AvgIpc) is 1.97. The average molecular weight is 230 g/mol. The molecular weight excluding hydrogens is 206 g/mol. The van der Waals surface area contributed by atoms with Crippen LogP contribution in [0, 0.1) is 0 Å². The summed E-state index contributed by atoms with van der Waals surface area (Å²) in [5.74, 6) is -1.30. The highest BCUT2D eigenvalue weighted by Crippen LogP contribution is 2.21. The van der Waals surface area contributed by atoms with E-state index >= 15 is 0 Å². The van der Waals surface area contributed by atoms with Crippen LogP contribution in [0.4, 0.5) is 0 Å². The van der Waals surface area contributed by atoms with Crippen LogP contribution in [0.25, 0.3) is 0 Å². The van der Waals surface area contributed by atoms with Crippen LogP contribution in [0.3, 0.4) is 0 Å². The highest BCUT2D eigenvalue weighted by Gasteiger charge is 2.44. The van der Waals surface area contributed by atoms with Crippen LogP contribution in [-0.2, 0) is 14.3 Å². The van der Waals surface area contributed by atoms with Crippen molar-refractivity contribution in [2.75, 3.05) is 14.1 Å².